The van der Waals surface area contributed by atoms with Gasteiger partial charge in [-0.15, -0.1) is 11.3 Å². The van der Waals surface area contributed by atoms with Crippen LogP contribution in [0.3, 0.4) is 0 Å². The number of amides is 5. The Morgan fingerprint density at radius 1 is 1.10 bits per heavy atom. The Labute approximate surface area is 238 Å². The third-order valence-corrected chi connectivity index (χ3v) is 8.11. The van der Waals surface area contributed by atoms with Crippen molar-refractivity contribution in [3.05, 3.63) is 63.4 Å². The summed E-state index contributed by atoms with van der Waals surface area (Å²) in [7, 11) is 0. The number of piperidine rings is 1. The molecule has 13 heteroatoms. The molecule has 0 aliphatic carbocycles. The topological polar surface area (TPSA) is 167 Å². The van der Waals surface area contributed by atoms with Crippen LogP contribution in [0.1, 0.15) is 53.3 Å². The van der Waals surface area contributed by atoms with Crippen LogP contribution < -0.4 is 21.5 Å². The summed E-state index contributed by atoms with van der Waals surface area (Å²) in [4.78, 5) is 76.1. The summed E-state index contributed by atoms with van der Waals surface area (Å²) in [6.45, 7) is 1.88. The number of benzene rings is 1. The van der Waals surface area contributed by atoms with E-state index in [2.05, 4.69) is 16.0 Å². The van der Waals surface area contributed by atoms with Gasteiger partial charge < -0.3 is 20.3 Å². The minimum Gasteiger partial charge on any atom is -0.384 e. The van der Waals surface area contributed by atoms with Crippen molar-refractivity contribution in [2.45, 2.75) is 50.8 Å². The van der Waals surface area contributed by atoms with E-state index >= 15 is 0 Å². The third kappa shape index (κ3) is 5.50. The molecule has 41 heavy (non-hydrogen) atoms. The molecule has 1 fully saturated rings. The Balaban J connectivity index is 1.11. The number of nitrogens with one attached hydrogen (secondary N) is 3. The van der Waals surface area contributed by atoms with E-state index in [9.17, 15) is 33.9 Å². The number of carbonyl (C=O) groups excluding carboxylic acids is 5. The fourth-order valence-corrected chi connectivity index (χ4v) is 5.83. The zero-order valence-electron chi connectivity index (χ0n) is 22.3. The largest absolute Gasteiger partial charge is 0.384 e. The molecule has 2 aliphatic heterocycles. The number of hydrogen-bond donors (Lipinski definition) is 4. The van der Waals surface area contributed by atoms with Crippen LogP contribution >= 0.6 is 11.3 Å². The highest BCUT2D eigenvalue weighted by molar-refractivity contribution is 7.17. The summed E-state index contributed by atoms with van der Waals surface area (Å²) in [6, 6.07) is 7.30. The molecule has 0 radical (unpaired) electrons. The molecule has 4 N–H and O–H groups in total. The molecule has 5 rings (SSSR count). The number of imide groups is 2. The summed E-state index contributed by atoms with van der Waals surface area (Å²) in [6.07, 6.45) is 2.85. The maximum atomic E-state index is 13.2. The zero-order valence-corrected chi connectivity index (χ0v) is 23.1. The van der Waals surface area contributed by atoms with Gasteiger partial charge in [0.1, 0.15) is 6.04 Å². The van der Waals surface area contributed by atoms with Crippen molar-refractivity contribution in [1.82, 2.24) is 20.1 Å². The van der Waals surface area contributed by atoms with Gasteiger partial charge in [-0.1, -0.05) is 6.07 Å². The number of thiophene rings is 1. The number of anilines is 1. The summed E-state index contributed by atoms with van der Waals surface area (Å²) in [5.41, 5.74) is -1.23. The second-order valence-corrected chi connectivity index (χ2v) is 11.2. The van der Waals surface area contributed by atoms with Crippen LogP contribution in [0.4, 0.5) is 5.69 Å². The molecule has 12 nitrogen and oxygen atoms in total. The van der Waals surface area contributed by atoms with Crippen molar-refractivity contribution in [3.8, 4) is 0 Å². The van der Waals surface area contributed by atoms with Crippen LogP contribution in [0.2, 0.25) is 0 Å². The number of hydrogen-bond acceptors (Lipinski definition) is 9. The lowest BCUT2D eigenvalue weighted by atomic mass is 10.0. The average molecular weight is 580 g/mol. The zero-order chi connectivity index (χ0) is 29.3. The molecule has 0 saturated carbocycles. The number of carbonyl (C=O) groups is 5. The summed E-state index contributed by atoms with van der Waals surface area (Å²) < 4.78 is 2.16. The molecule has 1 aromatic carbocycles. The molecule has 214 valence electrons. The molecule has 2 atom stereocenters. The van der Waals surface area contributed by atoms with Crippen molar-refractivity contribution in [1.29, 1.82) is 0 Å². The third-order valence-electron chi connectivity index (χ3n) is 7.23. The van der Waals surface area contributed by atoms with Crippen molar-refractivity contribution < 1.29 is 29.1 Å². The van der Waals surface area contributed by atoms with Crippen LogP contribution in [0.15, 0.2) is 46.7 Å². The first-order chi connectivity index (χ1) is 19.6. The number of aromatic nitrogens is 1. The van der Waals surface area contributed by atoms with E-state index in [4.69, 9.17) is 0 Å². The van der Waals surface area contributed by atoms with Gasteiger partial charge in [0.15, 0.2) is 5.60 Å². The summed E-state index contributed by atoms with van der Waals surface area (Å²) >= 11 is 1.44. The smallest absolute Gasteiger partial charge is 0.264 e. The molecule has 0 spiro atoms. The standard InChI is InChI=1S/C28H29N5O7S/c1-28(40,15-32-13-9-20-16(24(32)36)10-14-41-20)27(39)30-12-3-2-11-29-18-6-4-5-17-22(18)26(38)33(25(17)37)19-7-8-21(34)31-23(19)35/h4-6,9-10,13-14,19,29,40H,2-3,7-8,11-12,15H2,1H3,(H,30,39)(H,31,34,35). The predicted octanol–water partition coefficient (Wildman–Crippen LogP) is 1.22. The molecular formula is C28H29N5O7S. The number of pyridine rings is 1. The molecule has 4 heterocycles. The lowest BCUT2D eigenvalue weighted by Crippen LogP contribution is -2.54. The first kappa shape index (κ1) is 28.2. The molecule has 2 aromatic heterocycles. The Morgan fingerprint density at radius 2 is 1.88 bits per heavy atom. The van der Waals surface area contributed by atoms with Crippen LogP contribution in [-0.2, 0) is 20.9 Å². The van der Waals surface area contributed by atoms with Gasteiger partial charge in [0, 0.05) is 36.1 Å². The van der Waals surface area contributed by atoms with Gasteiger partial charge in [-0.25, -0.2) is 0 Å². The maximum Gasteiger partial charge on any atom is 0.264 e. The van der Waals surface area contributed by atoms with E-state index in [1.165, 1.54) is 28.9 Å². The Kier molecular flexibility index (Phi) is 7.74. The van der Waals surface area contributed by atoms with Crippen molar-refractivity contribution >= 4 is 56.6 Å². The van der Waals surface area contributed by atoms with Crippen molar-refractivity contribution in [2.24, 2.45) is 0 Å². The Hall–Kier alpha value is -4.36. The maximum absolute atomic E-state index is 13.2. The van der Waals surface area contributed by atoms with Crippen LogP contribution in [-0.4, -0.2) is 68.8 Å². The SMILES string of the molecule is CC(O)(Cn1ccc2sccc2c1=O)C(=O)NCCCCNc1cccc2c1C(=O)N(C1CCC(=O)NC1=O)C2=O. The van der Waals surface area contributed by atoms with Gasteiger partial charge in [0.25, 0.3) is 23.3 Å². The molecule has 1 saturated heterocycles. The van der Waals surface area contributed by atoms with E-state index in [0.29, 0.717) is 30.5 Å². The Morgan fingerprint density at radius 3 is 2.66 bits per heavy atom. The number of unbranched alkanes of at least 4 members (excludes halogenated alkanes) is 1. The highest BCUT2D eigenvalue weighted by Crippen LogP contribution is 2.32. The van der Waals surface area contributed by atoms with Gasteiger partial charge in [0.2, 0.25) is 11.8 Å². The fraction of sp³-hybridized carbons (Fsp3) is 0.357. The van der Waals surface area contributed by atoms with Gasteiger partial charge >= 0.3 is 0 Å². The molecule has 5 amide bonds. The van der Waals surface area contributed by atoms with Crippen LogP contribution in [0.5, 0.6) is 0 Å². The molecule has 2 aliphatic rings. The summed E-state index contributed by atoms with van der Waals surface area (Å²) in [5.74, 6) is -2.86. The second-order valence-electron chi connectivity index (χ2n) is 10.3. The number of aliphatic hydroxyl groups is 1. The highest BCUT2D eigenvalue weighted by atomic mass is 32.1. The number of nitrogens with zero attached hydrogens (tertiary/aromatic N) is 2. The highest BCUT2D eigenvalue weighted by Gasteiger charge is 2.45. The van der Waals surface area contributed by atoms with Gasteiger partial charge in [0.05, 0.1) is 23.1 Å². The van der Waals surface area contributed by atoms with Gasteiger partial charge in [-0.2, -0.15) is 0 Å². The first-order valence-electron chi connectivity index (χ1n) is 13.2. The van der Waals surface area contributed by atoms with Crippen molar-refractivity contribution in [2.75, 3.05) is 18.4 Å². The Bertz CT molecular complexity index is 1630. The average Bonchev–Trinajstić information content (AvgIpc) is 3.51. The molecule has 2 unspecified atom stereocenters. The minimum atomic E-state index is -1.79. The van der Waals surface area contributed by atoms with Crippen molar-refractivity contribution in [3.63, 3.8) is 0 Å². The number of fused-ring (bicyclic) bond motifs is 2. The van der Waals surface area contributed by atoms with Gasteiger partial charge in [-0.05, 0) is 55.8 Å². The second kappa shape index (κ2) is 11.3. The number of rotatable bonds is 10. The first-order valence-corrected chi connectivity index (χ1v) is 14.1. The van der Waals surface area contributed by atoms with Gasteiger partial charge in [-0.3, -0.25) is 39.0 Å². The van der Waals surface area contributed by atoms with Crippen LogP contribution in [0.25, 0.3) is 10.1 Å². The lowest BCUT2D eigenvalue weighted by molar-refractivity contribution is -0.139. The molecule has 0 bridgehead atoms. The molecule has 3 aromatic rings. The van der Waals surface area contributed by atoms with E-state index in [1.807, 2.05) is 5.38 Å². The minimum absolute atomic E-state index is 0.0459. The normalized spacial score (nSPS) is 18.3. The summed E-state index contributed by atoms with van der Waals surface area (Å²) in [5, 5.41) is 21.1. The van der Waals surface area contributed by atoms with Crippen LogP contribution in [0, 0.1) is 0 Å². The quantitative estimate of drug-likeness (QED) is 0.206. The lowest BCUT2D eigenvalue weighted by Gasteiger charge is -2.27. The van der Waals surface area contributed by atoms with E-state index in [1.54, 1.807) is 30.5 Å². The fourth-order valence-electron chi connectivity index (χ4n) is 5.06. The molecular weight excluding hydrogens is 550 g/mol. The monoisotopic (exact) mass is 579 g/mol. The van der Waals surface area contributed by atoms with E-state index in [0.717, 1.165) is 9.60 Å². The van der Waals surface area contributed by atoms with E-state index in [-0.39, 0.29) is 42.6 Å². The van der Waals surface area contributed by atoms with E-state index < -0.39 is 41.2 Å². The predicted molar refractivity (Wildman–Crippen MR) is 151 cm³/mol.